The highest BCUT2D eigenvalue weighted by atomic mass is 35.5. The van der Waals surface area contributed by atoms with Crippen LogP contribution in [0, 0.1) is 0 Å². The van der Waals surface area contributed by atoms with Gasteiger partial charge >= 0.3 is 0 Å². The fraction of sp³-hybridized carbons (Fsp3) is 0.417. The van der Waals surface area contributed by atoms with Gasteiger partial charge in [-0.1, -0.05) is 11.6 Å². The molecule has 0 aliphatic carbocycles. The molecule has 0 unspecified atom stereocenters. The number of hydrogen-bond acceptors (Lipinski definition) is 3. The molecule has 0 saturated carbocycles. The van der Waals surface area contributed by atoms with Gasteiger partial charge in [0.15, 0.2) is 0 Å². The predicted octanol–water partition coefficient (Wildman–Crippen LogP) is 1.48. The summed E-state index contributed by atoms with van der Waals surface area (Å²) >= 11 is 5.74. The van der Waals surface area contributed by atoms with Crippen molar-refractivity contribution >= 4 is 17.5 Å². The van der Waals surface area contributed by atoms with Gasteiger partial charge < -0.3 is 15.3 Å². The fourth-order valence-corrected chi connectivity index (χ4v) is 2.14. The molecule has 1 heterocycles. The van der Waals surface area contributed by atoms with E-state index < -0.39 is 0 Å². The lowest BCUT2D eigenvalue weighted by molar-refractivity contribution is 0.0706. The van der Waals surface area contributed by atoms with Crippen molar-refractivity contribution in [2.45, 2.75) is 13.0 Å². The third kappa shape index (κ3) is 2.70. The number of carbonyl (C=O) groups excluding carboxylic acids is 1. The van der Waals surface area contributed by atoms with E-state index >= 15 is 0 Å². The Morgan fingerprint density at radius 2 is 2.35 bits per heavy atom. The first-order valence-corrected chi connectivity index (χ1v) is 5.97. The Morgan fingerprint density at radius 3 is 3.00 bits per heavy atom. The molecule has 2 rings (SSSR count). The quantitative estimate of drug-likeness (QED) is 0.798. The first kappa shape index (κ1) is 12.2. The van der Waals surface area contributed by atoms with Crippen molar-refractivity contribution in [1.29, 1.82) is 0 Å². The van der Waals surface area contributed by atoms with Crippen LogP contribution >= 0.6 is 11.6 Å². The average Bonchev–Trinajstić information content (AvgIpc) is 2.28. The molecule has 0 aromatic heterocycles. The predicted molar refractivity (Wildman–Crippen MR) is 66.5 cm³/mol. The molecule has 4 nitrogen and oxygen atoms in total. The monoisotopic (exact) mass is 254 g/mol. The SMILES string of the molecule is C[C@H]1CN(C(=O)c2ccc(Cl)cc2O)CCN1. The Kier molecular flexibility index (Phi) is 3.54. The maximum atomic E-state index is 12.2. The molecule has 1 aromatic rings. The molecule has 92 valence electrons. The number of phenols is 1. The van der Waals surface area contributed by atoms with Crippen LogP contribution in [0.5, 0.6) is 5.75 Å². The van der Waals surface area contributed by atoms with Gasteiger partial charge in [0.25, 0.3) is 5.91 Å². The largest absolute Gasteiger partial charge is 0.507 e. The summed E-state index contributed by atoms with van der Waals surface area (Å²) in [5, 5.41) is 13.4. The van der Waals surface area contributed by atoms with E-state index in [1.807, 2.05) is 6.92 Å². The van der Waals surface area contributed by atoms with Crippen LogP contribution in [0.4, 0.5) is 0 Å². The maximum Gasteiger partial charge on any atom is 0.257 e. The Bertz CT molecular complexity index is 437. The highest BCUT2D eigenvalue weighted by molar-refractivity contribution is 6.30. The Hall–Kier alpha value is -1.26. The molecule has 17 heavy (non-hydrogen) atoms. The van der Waals surface area contributed by atoms with E-state index in [1.165, 1.54) is 6.07 Å². The van der Waals surface area contributed by atoms with Crippen molar-refractivity contribution in [2.75, 3.05) is 19.6 Å². The van der Waals surface area contributed by atoms with Gasteiger partial charge in [0.2, 0.25) is 0 Å². The third-order valence-electron chi connectivity index (χ3n) is 2.85. The van der Waals surface area contributed by atoms with Crippen LogP contribution < -0.4 is 5.32 Å². The molecule has 1 saturated heterocycles. The van der Waals surface area contributed by atoms with Crippen molar-refractivity contribution < 1.29 is 9.90 Å². The van der Waals surface area contributed by atoms with Crippen LogP contribution in [-0.4, -0.2) is 41.6 Å². The van der Waals surface area contributed by atoms with Gasteiger partial charge in [0.05, 0.1) is 5.56 Å². The van der Waals surface area contributed by atoms with E-state index in [1.54, 1.807) is 17.0 Å². The molecule has 1 aliphatic rings. The van der Waals surface area contributed by atoms with Crippen molar-refractivity contribution in [3.8, 4) is 5.75 Å². The van der Waals surface area contributed by atoms with Crippen molar-refractivity contribution in [1.82, 2.24) is 10.2 Å². The number of phenolic OH excluding ortho intramolecular Hbond substituents is 1. The molecule has 1 atom stereocenters. The van der Waals surface area contributed by atoms with E-state index in [0.29, 0.717) is 23.7 Å². The lowest BCUT2D eigenvalue weighted by atomic mass is 10.1. The number of benzene rings is 1. The minimum atomic E-state index is -0.146. The van der Waals surface area contributed by atoms with Crippen molar-refractivity contribution in [2.24, 2.45) is 0 Å². The summed E-state index contributed by atoms with van der Waals surface area (Å²) in [6.45, 7) is 4.12. The van der Waals surface area contributed by atoms with Crippen molar-refractivity contribution in [3.63, 3.8) is 0 Å². The number of halogens is 1. The fourth-order valence-electron chi connectivity index (χ4n) is 1.97. The van der Waals surface area contributed by atoms with Gasteiger partial charge in [-0.3, -0.25) is 4.79 Å². The van der Waals surface area contributed by atoms with Gasteiger partial charge in [-0.2, -0.15) is 0 Å². The molecule has 1 amide bonds. The van der Waals surface area contributed by atoms with Crippen LogP contribution in [0.25, 0.3) is 0 Å². The molecule has 1 aliphatic heterocycles. The molecular weight excluding hydrogens is 240 g/mol. The standard InChI is InChI=1S/C12H15ClN2O2/c1-8-7-15(5-4-14-8)12(17)10-3-2-9(13)6-11(10)16/h2-3,6,8,14,16H,4-5,7H2,1H3/t8-/m0/s1. The summed E-state index contributed by atoms with van der Waals surface area (Å²) in [5.74, 6) is -0.207. The van der Waals surface area contributed by atoms with Crippen molar-refractivity contribution in [3.05, 3.63) is 28.8 Å². The Balaban J connectivity index is 2.18. The number of hydrogen-bond donors (Lipinski definition) is 2. The van der Waals surface area contributed by atoms with Gasteiger partial charge in [0.1, 0.15) is 5.75 Å². The van der Waals surface area contributed by atoms with Gasteiger partial charge in [-0.15, -0.1) is 0 Å². The second-order valence-electron chi connectivity index (χ2n) is 4.27. The van der Waals surface area contributed by atoms with Crippen LogP contribution in [-0.2, 0) is 0 Å². The number of piperazine rings is 1. The van der Waals surface area contributed by atoms with Crippen LogP contribution in [0.2, 0.25) is 5.02 Å². The lowest BCUT2D eigenvalue weighted by Crippen LogP contribution is -2.51. The second kappa shape index (κ2) is 4.94. The van der Waals surface area contributed by atoms with E-state index in [2.05, 4.69) is 5.32 Å². The smallest absolute Gasteiger partial charge is 0.257 e. The molecule has 0 bridgehead atoms. The molecule has 2 N–H and O–H groups in total. The molecule has 0 spiro atoms. The summed E-state index contributed by atoms with van der Waals surface area (Å²) in [6, 6.07) is 4.84. The Morgan fingerprint density at radius 1 is 1.59 bits per heavy atom. The van der Waals surface area contributed by atoms with Gasteiger partial charge in [0, 0.05) is 30.7 Å². The first-order valence-electron chi connectivity index (χ1n) is 5.59. The second-order valence-corrected chi connectivity index (χ2v) is 4.70. The van der Waals surface area contributed by atoms with E-state index in [0.717, 1.165) is 6.54 Å². The lowest BCUT2D eigenvalue weighted by Gasteiger charge is -2.32. The molecule has 0 radical (unpaired) electrons. The summed E-state index contributed by atoms with van der Waals surface area (Å²) in [4.78, 5) is 13.9. The summed E-state index contributed by atoms with van der Waals surface area (Å²) < 4.78 is 0. The average molecular weight is 255 g/mol. The first-order chi connectivity index (χ1) is 8.08. The zero-order valence-electron chi connectivity index (χ0n) is 9.61. The molecule has 1 aromatic carbocycles. The number of nitrogens with zero attached hydrogens (tertiary/aromatic N) is 1. The van der Waals surface area contributed by atoms with Crippen LogP contribution in [0.3, 0.4) is 0 Å². The summed E-state index contributed by atoms with van der Waals surface area (Å²) in [6.07, 6.45) is 0. The van der Waals surface area contributed by atoms with Gasteiger partial charge in [-0.05, 0) is 25.1 Å². The van der Waals surface area contributed by atoms with Crippen LogP contribution in [0.15, 0.2) is 18.2 Å². The maximum absolute atomic E-state index is 12.2. The Labute approximate surface area is 105 Å². The van der Waals surface area contributed by atoms with E-state index in [-0.39, 0.29) is 17.7 Å². The number of rotatable bonds is 1. The van der Waals surface area contributed by atoms with Crippen LogP contribution in [0.1, 0.15) is 17.3 Å². The topological polar surface area (TPSA) is 52.6 Å². The zero-order chi connectivity index (χ0) is 12.4. The highest BCUT2D eigenvalue weighted by Gasteiger charge is 2.23. The summed E-state index contributed by atoms with van der Waals surface area (Å²) in [7, 11) is 0. The number of nitrogens with one attached hydrogen (secondary N) is 1. The van der Waals surface area contributed by atoms with Gasteiger partial charge in [-0.25, -0.2) is 0 Å². The number of aromatic hydroxyl groups is 1. The van der Waals surface area contributed by atoms with E-state index in [9.17, 15) is 9.90 Å². The minimum Gasteiger partial charge on any atom is -0.507 e. The highest BCUT2D eigenvalue weighted by Crippen LogP contribution is 2.23. The molecule has 5 heteroatoms. The minimum absolute atomic E-state index is 0.0614. The third-order valence-corrected chi connectivity index (χ3v) is 3.08. The van der Waals surface area contributed by atoms with E-state index in [4.69, 9.17) is 11.6 Å². The molecule has 1 fully saturated rings. The zero-order valence-corrected chi connectivity index (χ0v) is 10.4. The molecular formula is C12H15ClN2O2. The summed E-state index contributed by atoms with van der Waals surface area (Å²) in [5.41, 5.74) is 0.309. The number of carbonyl (C=O) groups is 1. The number of amides is 1. The normalized spacial score (nSPS) is 20.4.